The van der Waals surface area contributed by atoms with Crippen molar-refractivity contribution in [3.8, 4) is 11.5 Å². The molecule has 2 amide bonds. The van der Waals surface area contributed by atoms with Gasteiger partial charge in [0.15, 0.2) is 0 Å². The number of morpholine rings is 1. The van der Waals surface area contributed by atoms with E-state index in [0.717, 1.165) is 5.56 Å². The first-order valence-corrected chi connectivity index (χ1v) is 11.5. The van der Waals surface area contributed by atoms with Crippen LogP contribution < -0.4 is 15.4 Å². The zero-order chi connectivity index (χ0) is 22.2. The van der Waals surface area contributed by atoms with Crippen LogP contribution in [0.3, 0.4) is 0 Å². The van der Waals surface area contributed by atoms with Crippen molar-refractivity contribution in [1.29, 1.82) is 0 Å². The molecule has 0 aromatic heterocycles. The van der Waals surface area contributed by atoms with Crippen LogP contribution in [0.25, 0.3) is 6.08 Å². The van der Waals surface area contributed by atoms with Crippen molar-refractivity contribution >= 4 is 59.0 Å². The average Bonchev–Trinajstić information content (AvgIpc) is 2.75. The largest absolute Gasteiger partial charge is 0.457 e. The third kappa shape index (κ3) is 6.80. The van der Waals surface area contributed by atoms with Gasteiger partial charge in [0.25, 0.3) is 5.91 Å². The van der Waals surface area contributed by atoms with E-state index in [1.165, 1.54) is 17.3 Å². The number of thiocarbonyl (C=S) groups is 1. The Kier molecular flexibility index (Phi) is 8.48. The molecule has 9 heteroatoms. The molecule has 0 saturated carbocycles. The van der Waals surface area contributed by atoms with Gasteiger partial charge in [-0.1, -0.05) is 36.0 Å². The molecule has 0 aliphatic carbocycles. The van der Waals surface area contributed by atoms with E-state index in [9.17, 15) is 9.59 Å². The summed E-state index contributed by atoms with van der Waals surface area (Å²) >= 11 is 12.3. The Labute approximate surface area is 195 Å². The molecule has 1 heterocycles. The summed E-state index contributed by atoms with van der Waals surface area (Å²) in [7, 11) is 0. The summed E-state index contributed by atoms with van der Waals surface area (Å²) < 4.78 is 11.2. The quantitative estimate of drug-likeness (QED) is 0.443. The van der Waals surface area contributed by atoms with Crippen LogP contribution in [-0.4, -0.2) is 42.8 Å². The van der Waals surface area contributed by atoms with Gasteiger partial charge >= 0.3 is 0 Å². The molecule has 2 N–H and O–H groups in total. The summed E-state index contributed by atoms with van der Waals surface area (Å²) in [6, 6.07) is 12.9. The Morgan fingerprint density at radius 1 is 1.32 bits per heavy atom. The van der Waals surface area contributed by atoms with Gasteiger partial charge in [0.2, 0.25) is 5.91 Å². The normalized spacial score (nSPS) is 16.4. The van der Waals surface area contributed by atoms with Gasteiger partial charge < -0.3 is 20.1 Å². The summed E-state index contributed by atoms with van der Waals surface area (Å²) in [4.78, 5) is 23.9. The highest BCUT2D eigenvalue weighted by Crippen LogP contribution is 2.29. The number of thioether (sulfide) groups is 1. The number of hydrogen-bond acceptors (Lipinski definition) is 6. The zero-order valence-corrected chi connectivity index (χ0v) is 19.1. The summed E-state index contributed by atoms with van der Waals surface area (Å²) in [5, 5.41) is 5.86. The van der Waals surface area contributed by atoms with Crippen molar-refractivity contribution in [3.05, 3.63) is 63.5 Å². The van der Waals surface area contributed by atoms with Crippen molar-refractivity contribution in [2.24, 2.45) is 0 Å². The molecule has 3 rings (SSSR count). The second-order valence-corrected chi connectivity index (χ2v) is 8.21. The molecule has 0 bridgehead atoms. The van der Waals surface area contributed by atoms with Crippen LogP contribution in [-0.2, 0) is 20.7 Å². The summed E-state index contributed by atoms with van der Waals surface area (Å²) in [6.07, 6.45) is 4.19. The minimum atomic E-state index is -0.279. The molecule has 1 fully saturated rings. The molecule has 6 nitrogen and oxygen atoms in total. The summed E-state index contributed by atoms with van der Waals surface area (Å²) in [5.41, 5.74) is 2.95. The lowest BCUT2D eigenvalue weighted by Crippen LogP contribution is -2.46. The third-order valence-corrected chi connectivity index (χ3v) is 5.64. The van der Waals surface area contributed by atoms with Crippen molar-refractivity contribution in [2.45, 2.75) is 12.5 Å². The van der Waals surface area contributed by atoms with Crippen molar-refractivity contribution in [3.63, 3.8) is 0 Å². The second kappa shape index (κ2) is 11.3. The van der Waals surface area contributed by atoms with Crippen LogP contribution in [0.1, 0.15) is 11.1 Å². The lowest BCUT2D eigenvalue weighted by atomic mass is 10.1. The smallest absolute Gasteiger partial charge is 0.262 e. The van der Waals surface area contributed by atoms with Crippen LogP contribution in [0, 0.1) is 0 Å². The lowest BCUT2D eigenvalue weighted by molar-refractivity contribution is -0.131. The first-order valence-electron chi connectivity index (χ1n) is 9.42. The fourth-order valence-corrected chi connectivity index (χ4v) is 3.82. The first-order chi connectivity index (χ1) is 15.0. The van der Waals surface area contributed by atoms with Crippen LogP contribution in [0.4, 0.5) is 0 Å². The molecule has 31 heavy (non-hydrogen) atoms. The second-order valence-electron chi connectivity index (χ2n) is 6.72. The number of nitrogens with one attached hydrogen (secondary N) is 2. The van der Waals surface area contributed by atoms with Gasteiger partial charge in [-0.2, -0.15) is 0 Å². The van der Waals surface area contributed by atoms with E-state index in [2.05, 4.69) is 22.9 Å². The highest BCUT2D eigenvalue weighted by Gasteiger charge is 2.18. The standard InChI is InChI=1S/C22H21ClN2O4S2/c1-31-20(22(27)24-13-30)9-15-4-7-18(10-19(15)23)29-17-5-2-14(3-6-17)8-16-11-28-12-21(26)25-16/h2-7,9-10,13,16H,8,11-12H2,1H3,(H,25,26)(H,24,27,30)/b20-9+. The van der Waals surface area contributed by atoms with Gasteiger partial charge in [0, 0.05) is 0 Å². The van der Waals surface area contributed by atoms with Crippen LogP contribution in [0.15, 0.2) is 47.4 Å². The maximum absolute atomic E-state index is 12.0. The van der Waals surface area contributed by atoms with Gasteiger partial charge in [-0.05, 0) is 60.2 Å². The molecule has 2 aromatic carbocycles. The lowest BCUT2D eigenvalue weighted by Gasteiger charge is -2.23. The van der Waals surface area contributed by atoms with Gasteiger partial charge in [-0.25, -0.2) is 0 Å². The number of ether oxygens (including phenoxy) is 2. The number of benzene rings is 2. The minimum Gasteiger partial charge on any atom is -0.457 e. The van der Waals surface area contributed by atoms with E-state index in [1.807, 2.05) is 24.3 Å². The Balaban J connectivity index is 1.65. The molecular formula is C22H21ClN2O4S2. The maximum atomic E-state index is 12.0. The zero-order valence-electron chi connectivity index (χ0n) is 16.7. The fraction of sp³-hybridized carbons (Fsp3) is 0.227. The number of rotatable bonds is 8. The number of carbonyl (C=O) groups is 2. The SMILES string of the molecule is CS/C(=C/c1ccc(Oc2ccc(CC3COCC(=O)N3)cc2)cc1Cl)C(=O)NC=S. The van der Waals surface area contributed by atoms with Crippen LogP contribution in [0.5, 0.6) is 11.5 Å². The number of halogens is 1. The molecule has 162 valence electrons. The Morgan fingerprint density at radius 2 is 2.06 bits per heavy atom. The number of hydrogen-bond donors (Lipinski definition) is 2. The van der Waals surface area contributed by atoms with Crippen molar-refractivity contribution in [1.82, 2.24) is 10.6 Å². The minimum absolute atomic E-state index is 0.0235. The summed E-state index contributed by atoms with van der Waals surface area (Å²) in [5.74, 6) is 0.878. The first kappa shape index (κ1) is 23.3. The predicted octanol–water partition coefficient (Wildman–Crippen LogP) is 3.97. The topological polar surface area (TPSA) is 76.7 Å². The summed E-state index contributed by atoms with van der Waals surface area (Å²) in [6.45, 7) is 0.633. The van der Waals surface area contributed by atoms with Gasteiger partial charge in [0.1, 0.15) is 18.1 Å². The Hall–Kier alpha value is -2.39. The van der Waals surface area contributed by atoms with E-state index in [1.54, 1.807) is 30.5 Å². The highest BCUT2D eigenvalue weighted by atomic mass is 35.5. The molecule has 0 spiro atoms. The van der Waals surface area contributed by atoms with E-state index in [4.69, 9.17) is 21.1 Å². The molecule has 1 atom stereocenters. The van der Waals surface area contributed by atoms with Gasteiger partial charge in [-0.3, -0.25) is 9.59 Å². The molecule has 1 unspecified atom stereocenters. The fourth-order valence-electron chi connectivity index (χ4n) is 3.00. The number of amides is 2. The molecule has 1 saturated heterocycles. The van der Waals surface area contributed by atoms with Crippen LogP contribution in [0.2, 0.25) is 5.02 Å². The monoisotopic (exact) mass is 476 g/mol. The van der Waals surface area contributed by atoms with E-state index >= 15 is 0 Å². The van der Waals surface area contributed by atoms with E-state index in [0.29, 0.717) is 40.0 Å². The maximum Gasteiger partial charge on any atom is 0.262 e. The predicted molar refractivity (Wildman–Crippen MR) is 128 cm³/mol. The molecule has 1 aliphatic rings. The number of carbonyl (C=O) groups excluding carboxylic acids is 2. The van der Waals surface area contributed by atoms with Gasteiger partial charge in [0.05, 0.1) is 28.1 Å². The molecular weight excluding hydrogens is 456 g/mol. The Bertz CT molecular complexity index is 996. The van der Waals surface area contributed by atoms with E-state index < -0.39 is 0 Å². The molecule has 1 aliphatic heterocycles. The van der Waals surface area contributed by atoms with Crippen molar-refractivity contribution in [2.75, 3.05) is 19.5 Å². The molecule has 2 aromatic rings. The third-order valence-electron chi connectivity index (χ3n) is 4.45. The van der Waals surface area contributed by atoms with Gasteiger partial charge in [-0.15, -0.1) is 11.8 Å². The Morgan fingerprint density at radius 3 is 2.71 bits per heavy atom. The molecule has 0 radical (unpaired) electrons. The van der Waals surface area contributed by atoms with Crippen molar-refractivity contribution < 1.29 is 19.1 Å². The average molecular weight is 477 g/mol. The highest BCUT2D eigenvalue weighted by molar-refractivity contribution is 8.03. The van der Waals surface area contributed by atoms with E-state index in [-0.39, 0.29) is 24.5 Å². The van der Waals surface area contributed by atoms with Crippen LogP contribution >= 0.6 is 35.6 Å².